The van der Waals surface area contributed by atoms with Gasteiger partial charge >= 0.3 is 0 Å². The van der Waals surface area contributed by atoms with Crippen LogP contribution in [0.15, 0.2) is 36.5 Å². The number of fused-ring (bicyclic) bond motifs is 1. The van der Waals surface area contributed by atoms with Gasteiger partial charge in [0.05, 0.1) is 0 Å². The van der Waals surface area contributed by atoms with Gasteiger partial charge in [-0.3, -0.25) is 9.59 Å². The van der Waals surface area contributed by atoms with E-state index in [1.807, 2.05) is 23.1 Å². The second kappa shape index (κ2) is 6.51. The van der Waals surface area contributed by atoms with Gasteiger partial charge in [0.15, 0.2) is 0 Å². The van der Waals surface area contributed by atoms with Crippen LogP contribution in [0.1, 0.15) is 16.1 Å². The standard InChI is InChI=1S/C18H19N5O2/c24-13-21-9-11-22(12-10-21)18-19-7-5-15(20-18)17(25)23-8-6-14-3-1-2-4-16(14)23/h1-5,7,13H,6,8-12H2. The first-order chi connectivity index (χ1) is 12.3. The van der Waals surface area contributed by atoms with E-state index < -0.39 is 0 Å². The van der Waals surface area contributed by atoms with E-state index in [4.69, 9.17) is 0 Å². The van der Waals surface area contributed by atoms with Crippen LogP contribution in [-0.2, 0) is 11.2 Å². The summed E-state index contributed by atoms with van der Waals surface area (Å²) in [6.07, 6.45) is 3.36. The van der Waals surface area contributed by atoms with Crippen molar-refractivity contribution in [2.75, 3.05) is 42.5 Å². The molecule has 7 heteroatoms. The SMILES string of the molecule is O=CN1CCN(c2nccc(C(=O)N3CCc4ccccc43)n2)CC1. The van der Waals surface area contributed by atoms with Gasteiger partial charge < -0.3 is 14.7 Å². The molecule has 2 amide bonds. The van der Waals surface area contributed by atoms with Crippen LogP contribution in [0.25, 0.3) is 0 Å². The Bertz CT molecular complexity index is 802. The van der Waals surface area contributed by atoms with Crippen molar-refractivity contribution in [2.24, 2.45) is 0 Å². The maximum Gasteiger partial charge on any atom is 0.277 e. The number of carbonyl (C=O) groups is 2. The molecule has 4 rings (SSSR count). The van der Waals surface area contributed by atoms with E-state index in [2.05, 4.69) is 16.0 Å². The lowest BCUT2D eigenvalue weighted by molar-refractivity contribution is -0.118. The van der Waals surface area contributed by atoms with Gasteiger partial charge in [-0.2, -0.15) is 0 Å². The quantitative estimate of drug-likeness (QED) is 0.780. The summed E-state index contributed by atoms with van der Waals surface area (Å²) in [7, 11) is 0. The minimum Gasteiger partial charge on any atom is -0.342 e. The van der Waals surface area contributed by atoms with E-state index in [1.54, 1.807) is 22.1 Å². The molecule has 2 aromatic rings. The molecule has 0 atom stereocenters. The number of anilines is 2. The molecule has 1 aromatic carbocycles. The lowest BCUT2D eigenvalue weighted by atomic mass is 10.2. The van der Waals surface area contributed by atoms with Gasteiger partial charge in [0.25, 0.3) is 5.91 Å². The summed E-state index contributed by atoms with van der Waals surface area (Å²) in [5.74, 6) is 0.448. The van der Waals surface area contributed by atoms with Crippen LogP contribution in [-0.4, -0.2) is 59.9 Å². The molecular formula is C18H19N5O2. The molecule has 0 N–H and O–H groups in total. The van der Waals surface area contributed by atoms with Crippen LogP contribution >= 0.6 is 0 Å². The summed E-state index contributed by atoms with van der Waals surface area (Å²) in [5, 5.41) is 0. The van der Waals surface area contributed by atoms with E-state index in [0.29, 0.717) is 44.4 Å². The average Bonchev–Trinajstić information content (AvgIpc) is 3.12. The van der Waals surface area contributed by atoms with Gasteiger partial charge in [0.2, 0.25) is 12.4 Å². The highest BCUT2D eigenvalue weighted by Crippen LogP contribution is 2.28. The Morgan fingerprint density at radius 1 is 1.04 bits per heavy atom. The number of carbonyl (C=O) groups excluding carboxylic acids is 2. The summed E-state index contributed by atoms with van der Waals surface area (Å²) in [6, 6.07) is 9.63. The normalized spacial score (nSPS) is 16.7. The second-order valence-corrected chi connectivity index (χ2v) is 6.21. The minimum atomic E-state index is -0.0971. The number of para-hydroxylation sites is 1. The highest BCUT2D eigenvalue weighted by molar-refractivity contribution is 6.06. The number of hydrogen-bond donors (Lipinski definition) is 0. The zero-order chi connectivity index (χ0) is 17.2. The number of aromatic nitrogens is 2. The van der Waals surface area contributed by atoms with Crippen LogP contribution in [0.2, 0.25) is 0 Å². The Morgan fingerprint density at radius 3 is 2.64 bits per heavy atom. The summed E-state index contributed by atoms with van der Waals surface area (Å²) in [4.78, 5) is 38.0. The number of hydrogen-bond acceptors (Lipinski definition) is 5. The van der Waals surface area contributed by atoms with E-state index >= 15 is 0 Å². The first-order valence-electron chi connectivity index (χ1n) is 8.43. The molecule has 0 bridgehead atoms. The molecule has 7 nitrogen and oxygen atoms in total. The fourth-order valence-electron chi connectivity index (χ4n) is 3.33. The number of benzene rings is 1. The summed E-state index contributed by atoms with van der Waals surface area (Å²) >= 11 is 0. The number of rotatable bonds is 3. The Balaban J connectivity index is 1.54. The van der Waals surface area contributed by atoms with Gasteiger partial charge in [-0.25, -0.2) is 9.97 Å². The zero-order valence-electron chi connectivity index (χ0n) is 13.8. The topological polar surface area (TPSA) is 69.6 Å². The minimum absolute atomic E-state index is 0.0971. The largest absolute Gasteiger partial charge is 0.342 e. The van der Waals surface area contributed by atoms with Crippen LogP contribution in [0.3, 0.4) is 0 Å². The van der Waals surface area contributed by atoms with Crippen molar-refractivity contribution in [2.45, 2.75) is 6.42 Å². The monoisotopic (exact) mass is 337 g/mol. The van der Waals surface area contributed by atoms with E-state index in [9.17, 15) is 9.59 Å². The number of amides is 2. The summed E-state index contributed by atoms with van der Waals surface area (Å²) in [5.41, 5.74) is 2.56. The molecule has 0 spiro atoms. The Hall–Kier alpha value is -2.96. The van der Waals surface area contributed by atoms with Crippen LogP contribution < -0.4 is 9.80 Å². The molecule has 25 heavy (non-hydrogen) atoms. The molecule has 0 radical (unpaired) electrons. The first-order valence-corrected chi connectivity index (χ1v) is 8.43. The van der Waals surface area contributed by atoms with Gasteiger partial charge in [0.1, 0.15) is 5.69 Å². The molecule has 2 aliphatic heterocycles. The van der Waals surface area contributed by atoms with Gasteiger partial charge in [0, 0.05) is 44.6 Å². The number of nitrogens with zero attached hydrogens (tertiary/aromatic N) is 5. The second-order valence-electron chi connectivity index (χ2n) is 6.21. The van der Waals surface area contributed by atoms with Crippen LogP contribution in [0, 0.1) is 0 Å². The van der Waals surface area contributed by atoms with Crippen molar-refractivity contribution < 1.29 is 9.59 Å². The van der Waals surface area contributed by atoms with Crippen molar-refractivity contribution in [1.29, 1.82) is 0 Å². The molecule has 2 aliphatic rings. The van der Waals surface area contributed by atoms with E-state index in [1.165, 1.54) is 5.56 Å². The van der Waals surface area contributed by atoms with Crippen LogP contribution in [0.4, 0.5) is 11.6 Å². The molecule has 0 aliphatic carbocycles. The third-order valence-electron chi connectivity index (χ3n) is 4.74. The van der Waals surface area contributed by atoms with E-state index in [0.717, 1.165) is 18.5 Å². The van der Waals surface area contributed by atoms with E-state index in [-0.39, 0.29) is 5.91 Å². The predicted octanol–water partition coefficient (Wildman–Crippen LogP) is 0.958. The first kappa shape index (κ1) is 15.6. The molecule has 3 heterocycles. The molecule has 0 unspecified atom stereocenters. The summed E-state index contributed by atoms with van der Waals surface area (Å²) < 4.78 is 0. The third-order valence-corrected chi connectivity index (χ3v) is 4.74. The van der Waals surface area contributed by atoms with Crippen molar-refractivity contribution in [3.05, 3.63) is 47.8 Å². The van der Waals surface area contributed by atoms with Gasteiger partial charge in [-0.15, -0.1) is 0 Å². The Morgan fingerprint density at radius 2 is 1.84 bits per heavy atom. The smallest absolute Gasteiger partial charge is 0.277 e. The molecule has 1 fully saturated rings. The van der Waals surface area contributed by atoms with Gasteiger partial charge in [-0.1, -0.05) is 18.2 Å². The number of piperazine rings is 1. The maximum atomic E-state index is 12.9. The third kappa shape index (κ3) is 2.93. The average molecular weight is 337 g/mol. The molecule has 0 saturated carbocycles. The highest BCUT2D eigenvalue weighted by Gasteiger charge is 2.27. The van der Waals surface area contributed by atoms with Crippen molar-refractivity contribution in [3.8, 4) is 0 Å². The molecule has 1 saturated heterocycles. The van der Waals surface area contributed by atoms with Crippen molar-refractivity contribution in [1.82, 2.24) is 14.9 Å². The Labute approximate surface area is 145 Å². The van der Waals surface area contributed by atoms with Gasteiger partial charge in [-0.05, 0) is 24.1 Å². The molecule has 128 valence electrons. The fraction of sp³-hybridized carbons (Fsp3) is 0.333. The zero-order valence-corrected chi connectivity index (χ0v) is 13.8. The predicted molar refractivity (Wildman–Crippen MR) is 93.7 cm³/mol. The van der Waals surface area contributed by atoms with Crippen molar-refractivity contribution >= 4 is 24.0 Å². The highest BCUT2D eigenvalue weighted by atomic mass is 16.2. The Kier molecular flexibility index (Phi) is 4.05. The maximum absolute atomic E-state index is 12.9. The fourth-order valence-corrected chi connectivity index (χ4v) is 3.33. The lowest BCUT2D eigenvalue weighted by Gasteiger charge is -2.32. The molecule has 1 aromatic heterocycles. The van der Waals surface area contributed by atoms with Crippen molar-refractivity contribution in [3.63, 3.8) is 0 Å². The lowest BCUT2D eigenvalue weighted by Crippen LogP contribution is -2.46. The molecular weight excluding hydrogens is 318 g/mol. The van der Waals surface area contributed by atoms with Crippen LogP contribution in [0.5, 0.6) is 0 Å². The summed E-state index contributed by atoms with van der Waals surface area (Å²) in [6.45, 7) is 3.30.